The molecule has 0 N–H and O–H groups in total. The molecule has 1 heteroatoms. The van der Waals surface area contributed by atoms with Crippen molar-refractivity contribution in [1.29, 1.82) is 0 Å². The molecule has 1 nitrogen and oxygen atoms in total. The first-order valence-corrected chi connectivity index (χ1v) is 7.62. The average Bonchev–Trinajstić information content (AvgIpc) is 2.88. The summed E-state index contributed by atoms with van der Waals surface area (Å²) in [4.78, 5) is 12.8. The standard InChI is InChI=1S/C19H18O/c20-19-16(13-6-2-1-3-7-13)10-11-17-15-9-5-4-8-14(15)12-18(17)19/h4-5,8-13H,1-3,6-7H2. The normalized spacial score (nSPS) is 21.8. The molecular formula is C19H18O. The number of benzene rings is 1. The van der Waals surface area contributed by atoms with Crippen molar-refractivity contribution in [3.05, 3.63) is 58.7 Å². The molecule has 0 radical (unpaired) electrons. The van der Waals surface area contributed by atoms with Gasteiger partial charge in [0.1, 0.15) is 0 Å². The Hall–Kier alpha value is -1.89. The minimum Gasteiger partial charge on any atom is -0.289 e. The number of carbonyl (C=O) groups is 1. The van der Waals surface area contributed by atoms with Crippen molar-refractivity contribution >= 4 is 17.4 Å². The summed E-state index contributed by atoms with van der Waals surface area (Å²) in [6.07, 6.45) is 12.5. The molecular weight excluding hydrogens is 244 g/mol. The van der Waals surface area contributed by atoms with Crippen molar-refractivity contribution in [2.75, 3.05) is 0 Å². The topological polar surface area (TPSA) is 17.1 Å². The van der Waals surface area contributed by atoms with Crippen molar-refractivity contribution in [2.45, 2.75) is 32.1 Å². The predicted octanol–water partition coefficient (Wildman–Crippen LogP) is 4.56. The van der Waals surface area contributed by atoms with E-state index in [0.29, 0.717) is 5.92 Å². The van der Waals surface area contributed by atoms with Crippen LogP contribution in [0.4, 0.5) is 0 Å². The Morgan fingerprint density at radius 2 is 1.70 bits per heavy atom. The highest BCUT2D eigenvalue weighted by atomic mass is 16.1. The Morgan fingerprint density at radius 1 is 0.900 bits per heavy atom. The minimum absolute atomic E-state index is 0.269. The van der Waals surface area contributed by atoms with Crippen LogP contribution in [0.3, 0.4) is 0 Å². The summed E-state index contributed by atoms with van der Waals surface area (Å²) in [6, 6.07) is 8.28. The molecule has 0 aromatic heterocycles. The van der Waals surface area contributed by atoms with Crippen molar-refractivity contribution in [2.24, 2.45) is 5.92 Å². The van der Waals surface area contributed by atoms with Crippen molar-refractivity contribution in [3.8, 4) is 0 Å². The molecule has 3 aliphatic rings. The summed E-state index contributed by atoms with van der Waals surface area (Å²) < 4.78 is 0. The second kappa shape index (κ2) is 4.59. The maximum Gasteiger partial charge on any atom is 0.189 e. The van der Waals surface area contributed by atoms with Gasteiger partial charge in [0, 0.05) is 11.1 Å². The smallest absolute Gasteiger partial charge is 0.189 e. The zero-order valence-corrected chi connectivity index (χ0v) is 11.6. The van der Waals surface area contributed by atoms with Crippen LogP contribution in [0.2, 0.25) is 0 Å². The molecule has 4 rings (SSSR count). The van der Waals surface area contributed by atoms with Crippen molar-refractivity contribution in [1.82, 2.24) is 0 Å². The molecule has 100 valence electrons. The fourth-order valence-corrected chi connectivity index (χ4v) is 3.75. The van der Waals surface area contributed by atoms with Crippen molar-refractivity contribution in [3.63, 3.8) is 0 Å². The lowest BCUT2D eigenvalue weighted by Crippen LogP contribution is -2.19. The van der Waals surface area contributed by atoms with Gasteiger partial charge in [0.25, 0.3) is 0 Å². The zero-order valence-electron chi connectivity index (χ0n) is 11.6. The second-order valence-corrected chi connectivity index (χ2v) is 6.01. The molecule has 0 heterocycles. The highest BCUT2D eigenvalue weighted by Gasteiger charge is 2.31. The van der Waals surface area contributed by atoms with Crippen LogP contribution in [0.5, 0.6) is 0 Å². The third-order valence-corrected chi connectivity index (χ3v) is 4.82. The first-order valence-electron chi connectivity index (χ1n) is 7.62. The van der Waals surface area contributed by atoms with E-state index in [9.17, 15) is 4.79 Å². The summed E-state index contributed by atoms with van der Waals surface area (Å²) in [7, 11) is 0. The van der Waals surface area contributed by atoms with Gasteiger partial charge in [-0.05, 0) is 41.5 Å². The van der Waals surface area contributed by atoms with Gasteiger partial charge in [-0.1, -0.05) is 55.7 Å². The highest BCUT2D eigenvalue weighted by molar-refractivity contribution is 6.25. The van der Waals surface area contributed by atoms with E-state index in [-0.39, 0.29) is 5.78 Å². The fraction of sp³-hybridized carbons (Fsp3) is 0.316. The first kappa shape index (κ1) is 11.9. The Morgan fingerprint density at radius 3 is 2.55 bits per heavy atom. The number of allylic oxidation sites excluding steroid dienone is 5. The van der Waals surface area contributed by atoms with Gasteiger partial charge in [-0.25, -0.2) is 0 Å². The molecule has 0 atom stereocenters. The maximum absolute atomic E-state index is 12.8. The van der Waals surface area contributed by atoms with E-state index in [1.807, 2.05) is 12.1 Å². The van der Waals surface area contributed by atoms with Gasteiger partial charge < -0.3 is 0 Å². The van der Waals surface area contributed by atoms with E-state index in [4.69, 9.17) is 0 Å². The number of fused-ring (bicyclic) bond motifs is 3. The molecule has 1 aromatic carbocycles. The number of rotatable bonds is 1. The molecule has 20 heavy (non-hydrogen) atoms. The maximum atomic E-state index is 12.8. The number of carbonyl (C=O) groups excluding carboxylic acids is 1. The monoisotopic (exact) mass is 262 g/mol. The number of Topliss-reactive ketones (excluding diaryl/α,β-unsaturated/α-hetero) is 1. The van der Waals surface area contributed by atoms with Crippen LogP contribution in [0.1, 0.15) is 43.2 Å². The molecule has 0 unspecified atom stereocenters. The van der Waals surface area contributed by atoms with Gasteiger partial charge in [-0.15, -0.1) is 0 Å². The number of hydrogen-bond acceptors (Lipinski definition) is 1. The van der Waals surface area contributed by atoms with Crippen LogP contribution in [-0.2, 0) is 4.79 Å². The molecule has 0 spiro atoms. The van der Waals surface area contributed by atoms with Crippen LogP contribution in [0, 0.1) is 5.92 Å². The van der Waals surface area contributed by atoms with Gasteiger partial charge in [0.2, 0.25) is 0 Å². The van der Waals surface area contributed by atoms with E-state index < -0.39 is 0 Å². The van der Waals surface area contributed by atoms with E-state index in [1.165, 1.54) is 43.2 Å². The van der Waals surface area contributed by atoms with Gasteiger partial charge in [0.05, 0.1) is 0 Å². The van der Waals surface area contributed by atoms with Gasteiger partial charge in [0.15, 0.2) is 5.78 Å². The summed E-state index contributed by atoms with van der Waals surface area (Å²) >= 11 is 0. The molecule has 0 saturated heterocycles. The molecule has 0 bridgehead atoms. The molecule has 0 aliphatic heterocycles. The Bertz CT molecular complexity index is 667. The lowest BCUT2D eigenvalue weighted by atomic mass is 9.78. The molecule has 1 saturated carbocycles. The summed E-state index contributed by atoms with van der Waals surface area (Å²) in [6.45, 7) is 0. The van der Waals surface area contributed by atoms with Gasteiger partial charge in [-0.2, -0.15) is 0 Å². The lowest BCUT2D eigenvalue weighted by Gasteiger charge is -2.25. The molecule has 1 fully saturated rings. The van der Waals surface area contributed by atoms with Crippen LogP contribution < -0.4 is 0 Å². The van der Waals surface area contributed by atoms with Crippen LogP contribution in [0.15, 0.2) is 47.6 Å². The van der Waals surface area contributed by atoms with E-state index in [2.05, 4.69) is 30.4 Å². The predicted molar refractivity (Wildman–Crippen MR) is 82.1 cm³/mol. The summed E-state index contributed by atoms with van der Waals surface area (Å²) in [5.41, 5.74) is 5.46. The molecule has 0 amide bonds. The largest absolute Gasteiger partial charge is 0.289 e. The Balaban J connectivity index is 1.74. The van der Waals surface area contributed by atoms with Crippen LogP contribution in [-0.4, -0.2) is 5.78 Å². The SMILES string of the molecule is O=C1C2=Cc3ccccc3C2=CC=C1C1CCCCC1. The highest BCUT2D eigenvalue weighted by Crippen LogP contribution is 2.42. The van der Waals surface area contributed by atoms with E-state index in [1.54, 1.807) is 0 Å². The van der Waals surface area contributed by atoms with Crippen LogP contribution >= 0.6 is 0 Å². The lowest BCUT2D eigenvalue weighted by molar-refractivity contribution is -0.112. The molecule has 3 aliphatic carbocycles. The van der Waals surface area contributed by atoms with E-state index in [0.717, 1.165) is 16.7 Å². The average molecular weight is 262 g/mol. The molecule has 1 aromatic rings. The van der Waals surface area contributed by atoms with E-state index >= 15 is 0 Å². The summed E-state index contributed by atoms with van der Waals surface area (Å²) in [5, 5.41) is 0. The van der Waals surface area contributed by atoms with Crippen LogP contribution in [0.25, 0.3) is 11.6 Å². The van der Waals surface area contributed by atoms with Gasteiger partial charge >= 0.3 is 0 Å². The third-order valence-electron chi connectivity index (χ3n) is 4.82. The zero-order chi connectivity index (χ0) is 13.5. The van der Waals surface area contributed by atoms with Crippen molar-refractivity contribution < 1.29 is 4.79 Å². The Labute approximate surface area is 119 Å². The fourth-order valence-electron chi connectivity index (χ4n) is 3.75. The minimum atomic E-state index is 0.269. The number of hydrogen-bond donors (Lipinski definition) is 0. The quantitative estimate of drug-likeness (QED) is 0.725. The Kier molecular flexibility index (Phi) is 2.73. The second-order valence-electron chi connectivity index (χ2n) is 6.01. The number of ketones is 1. The first-order chi connectivity index (χ1) is 9.84. The summed E-state index contributed by atoms with van der Waals surface area (Å²) in [5.74, 6) is 0.754. The third kappa shape index (κ3) is 1.73. The van der Waals surface area contributed by atoms with Gasteiger partial charge in [-0.3, -0.25) is 4.79 Å².